The monoisotopic (exact) mass is 715 g/mol. The summed E-state index contributed by atoms with van der Waals surface area (Å²) < 4.78 is 0. The lowest BCUT2D eigenvalue weighted by Gasteiger charge is -2.39. The third kappa shape index (κ3) is 10.3. The molecule has 4 aromatic rings. The molecule has 2 aliphatic rings. The second kappa shape index (κ2) is 19.0. The Labute approximate surface area is 328 Å². The fraction of sp³-hybridized carbons (Fsp3) is 0.547. The molecule has 53 heavy (non-hydrogen) atoms. The van der Waals surface area contributed by atoms with E-state index in [1.54, 1.807) is 11.1 Å². The molecule has 0 unspecified atom stereocenters. The van der Waals surface area contributed by atoms with Gasteiger partial charge in [0, 0.05) is 5.41 Å². The third-order valence-corrected chi connectivity index (χ3v) is 12.9. The Kier molecular flexibility index (Phi) is 15.8. The van der Waals surface area contributed by atoms with Crippen LogP contribution >= 0.6 is 0 Å². The van der Waals surface area contributed by atoms with Gasteiger partial charge < -0.3 is 0 Å². The van der Waals surface area contributed by atoms with Gasteiger partial charge in [-0.15, -0.1) is 0 Å². The molecule has 0 radical (unpaired) electrons. The molecule has 1 spiro atoms. The van der Waals surface area contributed by atoms with E-state index in [-0.39, 0.29) is 10.8 Å². The summed E-state index contributed by atoms with van der Waals surface area (Å²) in [6.07, 6.45) is 10.5. The van der Waals surface area contributed by atoms with Gasteiger partial charge in [0.1, 0.15) is 0 Å². The highest BCUT2D eigenvalue weighted by Gasteiger charge is 2.43. The first-order chi connectivity index (χ1) is 25.0. The normalized spacial score (nSPS) is 14.7. The summed E-state index contributed by atoms with van der Waals surface area (Å²) in [7, 11) is 0. The van der Waals surface area contributed by atoms with Crippen LogP contribution in [0.15, 0.2) is 91.0 Å². The smallest absolute Gasteiger partial charge is 0.0215 e. The first kappa shape index (κ1) is 44.3. The average Bonchev–Trinajstić information content (AvgIpc) is 3.41. The zero-order chi connectivity index (χ0) is 39.6. The Hall–Kier alpha value is -3.12. The maximum Gasteiger partial charge on any atom is 0.0215 e. The van der Waals surface area contributed by atoms with Crippen molar-refractivity contribution in [2.45, 2.75) is 183 Å². The van der Waals surface area contributed by atoms with Crippen LogP contribution < -0.4 is 0 Å². The fourth-order valence-electron chi connectivity index (χ4n) is 8.20. The van der Waals surface area contributed by atoms with E-state index in [0.717, 1.165) is 6.42 Å². The summed E-state index contributed by atoms with van der Waals surface area (Å²) in [6.45, 7) is 33.8. The van der Waals surface area contributed by atoms with Gasteiger partial charge >= 0.3 is 0 Å². The van der Waals surface area contributed by atoms with Crippen LogP contribution in [0.5, 0.6) is 0 Å². The number of aryl methyl sites for hydroxylation is 1. The molecule has 0 N–H and O–H groups in total. The molecule has 4 aromatic carbocycles. The zero-order valence-electron chi connectivity index (χ0n) is 37.0. The van der Waals surface area contributed by atoms with Crippen LogP contribution in [-0.2, 0) is 22.7 Å². The molecule has 6 rings (SSSR count). The number of fused-ring (bicyclic) bond motifs is 5. The number of rotatable bonds is 7. The highest BCUT2D eigenvalue weighted by molar-refractivity contribution is 5.81. The maximum atomic E-state index is 2.52. The van der Waals surface area contributed by atoms with E-state index in [1.807, 2.05) is 13.8 Å². The lowest BCUT2D eigenvalue weighted by Crippen LogP contribution is -2.33. The van der Waals surface area contributed by atoms with Gasteiger partial charge in [0.2, 0.25) is 0 Å². The van der Waals surface area contributed by atoms with Crippen molar-refractivity contribution in [3.05, 3.63) is 130 Å². The minimum atomic E-state index is 0.211. The van der Waals surface area contributed by atoms with E-state index >= 15 is 0 Å². The van der Waals surface area contributed by atoms with Gasteiger partial charge in [-0.25, -0.2) is 0 Å². The van der Waals surface area contributed by atoms with Crippen molar-refractivity contribution >= 4 is 0 Å². The van der Waals surface area contributed by atoms with Gasteiger partial charge in [0.05, 0.1) is 0 Å². The van der Waals surface area contributed by atoms with E-state index < -0.39 is 0 Å². The minimum absolute atomic E-state index is 0.211. The summed E-state index contributed by atoms with van der Waals surface area (Å²) in [6, 6.07) is 34.6. The van der Waals surface area contributed by atoms with E-state index in [9.17, 15) is 0 Å². The molecule has 1 fully saturated rings. The fourth-order valence-corrected chi connectivity index (χ4v) is 8.20. The molecule has 0 aliphatic heterocycles. The van der Waals surface area contributed by atoms with Crippen molar-refractivity contribution in [3.63, 3.8) is 0 Å². The number of hydrogen-bond acceptors (Lipinski definition) is 0. The Balaban J connectivity index is 0.000000215. The van der Waals surface area contributed by atoms with Crippen LogP contribution in [0.2, 0.25) is 0 Å². The van der Waals surface area contributed by atoms with E-state index in [4.69, 9.17) is 0 Å². The Morgan fingerprint density at radius 2 is 1.08 bits per heavy atom. The van der Waals surface area contributed by atoms with E-state index in [1.165, 1.54) is 83.9 Å². The Morgan fingerprint density at radius 1 is 0.566 bits per heavy atom. The maximum absolute atomic E-state index is 2.52. The van der Waals surface area contributed by atoms with Crippen molar-refractivity contribution in [2.75, 3.05) is 0 Å². The molecule has 0 aromatic heterocycles. The Bertz CT molecular complexity index is 1660. The van der Waals surface area contributed by atoms with E-state index in [0.29, 0.717) is 22.7 Å². The SMILES string of the molecule is CC.CC(C)c1ccc(C(C)(C)C(C)(C)C)cc1.CC(C)c1ccc2c(c1)C1(CCCCC1)c1ccccc1-2.CCCC(C)(C)c1ccc(CC)cc1. The van der Waals surface area contributed by atoms with E-state index in [2.05, 4.69) is 181 Å². The van der Waals surface area contributed by atoms with Crippen LogP contribution in [0.4, 0.5) is 0 Å². The molecular formula is C53H78. The van der Waals surface area contributed by atoms with Gasteiger partial charge in [0.15, 0.2) is 0 Å². The second-order valence-electron chi connectivity index (χ2n) is 18.5. The summed E-state index contributed by atoms with van der Waals surface area (Å²) >= 11 is 0. The van der Waals surface area contributed by atoms with Crippen molar-refractivity contribution in [3.8, 4) is 11.1 Å². The van der Waals surface area contributed by atoms with Gasteiger partial charge in [-0.2, -0.15) is 0 Å². The topological polar surface area (TPSA) is 0 Å². The van der Waals surface area contributed by atoms with Crippen molar-refractivity contribution in [1.29, 1.82) is 0 Å². The first-order valence-corrected chi connectivity index (χ1v) is 21.4. The van der Waals surface area contributed by atoms with Gasteiger partial charge in [-0.3, -0.25) is 0 Å². The predicted octanol–water partition coefficient (Wildman–Crippen LogP) is 16.5. The van der Waals surface area contributed by atoms with Crippen molar-refractivity contribution < 1.29 is 0 Å². The zero-order valence-corrected chi connectivity index (χ0v) is 37.0. The molecule has 0 nitrogen and oxygen atoms in total. The molecular weight excluding hydrogens is 637 g/mol. The standard InChI is InChI=1S/C21H24.C16H26.C14H22.C2H6/c1-15(2)16-10-11-18-17-8-4-5-9-19(17)21(20(18)14-16)12-6-3-7-13-21;1-12(2)13-8-10-14(11-9-13)16(6,7)15(3,4)5;1-5-11-14(3,4)13-9-7-12(6-2)8-10-13;1-2/h4-5,8-11,14-15H,3,6-7,12-13H2,1-2H3;8-12H,1-7H3;7-10H,5-6,11H2,1-4H3;1-2H3. The molecule has 2 aliphatic carbocycles. The summed E-state index contributed by atoms with van der Waals surface area (Å²) in [5.74, 6) is 1.23. The highest BCUT2D eigenvalue weighted by Crippen LogP contribution is 2.56. The minimum Gasteiger partial charge on any atom is -0.0683 e. The van der Waals surface area contributed by atoms with Crippen LogP contribution in [0.1, 0.15) is 200 Å². The largest absolute Gasteiger partial charge is 0.0683 e. The molecule has 1 saturated carbocycles. The van der Waals surface area contributed by atoms with Crippen LogP contribution in [0.25, 0.3) is 11.1 Å². The summed E-state index contributed by atoms with van der Waals surface area (Å²) in [4.78, 5) is 0. The van der Waals surface area contributed by atoms with Crippen molar-refractivity contribution in [1.82, 2.24) is 0 Å². The molecule has 0 heterocycles. The lowest BCUT2D eigenvalue weighted by molar-refractivity contribution is 0.225. The second-order valence-corrected chi connectivity index (χ2v) is 18.5. The Morgan fingerprint density at radius 3 is 1.58 bits per heavy atom. The molecule has 290 valence electrons. The van der Waals surface area contributed by atoms with Gasteiger partial charge in [0.25, 0.3) is 0 Å². The van der Waals surface area contributed by atoms with Gasteiger partial charge in [-0.05, 0) is 104 Å². The molecule has 0 saturated heterocycles. The molecule has 0 atom stereocenters. The number of benzene rings is 4. The van der Waals surface area contributed by atoms with Crippen LogP contribution in [0.3, 0.4) is 0 Å². The highest BCUT2D eigenvalue weighted by atomic mass is 14.5. The average molecular weight is 715 g/mol. The lowest BCUT2D eigenvalue weighted by atomic mass is 9.65. The predicted molar refractivity (Wildman–Crippen MR) is 238 cm³/mol. The third-order valence-electron chi connectivity index (χ3n) is 12.9. The molecule has 0 heteroatoms. The summed E-state index contributed by atoms with van der Waals surface area (Å²) in [5, 5.41) is 0. The van der Waals surface area contributed by atoms with Crippen LogP contribution in [0, 0.1) is 5.41 Å². The van der Waals surface area contributed by atoms with Gasteiger partial charge in [-0.1, -0.05) is 221 Å². The molecule has 0 bridgehead atoms. The van der Waals surface area contributed by atoms with Crippen molar-refractivity contribution in [2.24, 2.45) is 5.41 Å². The molecule has 0 amide bonds. The first-order valence-electron chi connectivity index (χ1n) is 21.4. The quantitative estimate of drug-likeness (QED) is 0.179. The summed E-state index contributed by atoms with van der Waals surface area (Å²) in [5.41, 5.74) is 14.6. The number of hydrogen-bond donors (Lipinski definition) is 0. The van der Waals surface area contributed by atoms with Crippen LogP contribution in [-0.4, -0.2) is 0 Å².